The molecule has 0 aliphatic heterocycles. The predicted octanol–water partition coefficient (Wildman–Crippen LogP) is 0.752. The summed E-state index contributed by atoms with van der Waals surface area (Å²) in [6.45, 7) is 1.23. The van der Waals surface area contributed by atoms with Gasteiger partial charge in [0.05, 0.1) is 25.9 Å². The molecule has 1 amide bonds. The number of ether oxygens (including phenoxy) is 3. The van der Waals surface area contributed by atoms with Crippen molar-refractivity contribution >= 4 is 11.9 Å². The molecule has 0 aliphatic carbocycles. The van der Waals surface area contributed by atoms with E-state index in [1.165, 1.54) is 7.11 Å². The van der Waals surface area contributed by atoms with Crippen LogP contribution in [0.15, 0.2) is 24.3 Å². The van der Waals surface area contributed by atoms with Gasteiger partial charge in [-0.15, -0.1) is 0 Å². The van der Waals surface area contributed by atoms with E-state index in [0.29, 0.717) is 25.3 Å². The Bertz CT molecular complexity index is 430. The lowest BCUT2D eigenvalue weighted by molar-refractivity contribution is -0.126. The number of carbonyl (C=O) groups excluding carboxylic acids is 2. The molecule has 1 aromatic rings. The van der Waals surface area contributed by atoms with Crippen molar-refractivity contribution in [3.8, 4) is 0 Å². The molecule has 0 saturated carbocycles. The van der Waals surface area contributed by atoms with E-state index < -0.39 is 0 Å². The molecule has 110 valence electrons. The minimum absolute atomic E-state index is 0.00358. The maximum Gasteiger partial charge on any atom is 0.337 e. The summed E-state index contributed by atoms with van der Waals surface area (Å²) in [6, 6.07) is 6.83. The molecule has 0 unspecified atom stereocenters. The van der Waals surface area contributed by atoms with Crippen LogP contribution in [0.2, 0.25) is 0 Å². The van der Waals surface area contributed by atoms with Crippen molar-refractivity contribution in [3.63, 3.8) is 0 Å². The fourth-order valence-electron chi connectivity index (χ4n) is 1.44. The maximum atomic E-state index is 11.4. The molecular formula is C14H19NO5. The third kappa shape index (κ3) is 5.81. The lowest BCUT2D eigenvalue weighted by Gasteiger charge is -2.07. The van der Waals surface area contributed by atoms with E-state index in [2.05, 4.69) is 10.1 Å². The van der Waals surface area contributed by atoms with Gasteiger partial charge in [0, 0.05) is 13.7 Å². The van der Waals surface area contributed by atoms with Gasteiger partial charge in [0.1, 0.15) is 6.61 Å². The fourth-order valence-corrected chi connectivity index (χ4v) is 1.44. The highest BCUT2D eigenvalue weighted by Crippen LogP contribution is 2.05. The summed E-state index contributed by atoms with van der Waals surface area (Å²) in [7, 11) is 2.90. The van der Waals surface area contributed by atoms with E-state index in [-0.39, 0.29) is 18.5 Å². The highest BCUT2D eigenvalue weighted by Gasteiger charge is 2.05. The first-order chi connectivity index (χ1) is 9.67. The normalized spacial score (nSPS) is 10.1. The quantitative estimate of drug-likeness (QED) is 0.562. The van der Waals surface area contributed by atoms with Crippen LogP contribution in [0.25, 0.3) is 0 Å². The number of esters is 1. The Morgan fingerprint density at radius 2 is 1.80 bits per heavy atom. The topological polar surface area (TPSA) is 73.9 Å². The van der Waals surface area contributed by atoms with Gasteiger partial charge < -0.3 is 19.5 Å². The number of nitrogens with one attached hydrogen (secondary N) is 1. The second-order valence-corrected chi connectivity index (χ2v) is 4.01. The first-order valence-corrected chi connectivity index (χ1v) is 6.18. The minimum Gasteiger partial charge on any atom is -0.465 e. The summed E-state index contributed by atoms with van der Waals surface area (Å²) < 4.78 is 14.5. The monoisotopic (exact) mass is 281 g/mol. The molecule has 0 bridgehead atoms. The van der Waals surface area contributed by atoms with E-state index in [0.717, 1.165) is 5.56 Å². The SMILES string of the molecule is COCCOCC(=O)NCc1ccc(C(=O)OC)cc1. The van der Waals surface area contributed by atoms with Crippen molar-refractivity contribution in [1.29, 1.82) is 0 Å². The van der Waals surface area contributed by atoms with Gasteiger partial charge in [-0.05, 0) is 17.7 Å². The standard InChI is InChI=1S/C14H19NO5/c1-18-7-8-20-10-13(16)15-9-11-3-5-12(6-4-11)14(17)19-2/h3-6H,7-10H2,1-2H3,(H,15,16). The summed E-state index contributed by atoms with van der Waals surface area (Å²) in [5.41, 5.74) is 1.37. The van der Waals surface area contributed by atoms with Gasteiger partial charge in [0.15, 0.2) is 0 Å². The molecule has 1 aromatic carbocycles. The van der Waals surface area contributed by atoms with Crippen molar-refractivity contribution in [1.82, 2.24) is 5.32 Å². The van der Waals surface area contributed by atoms with Crippen LogP contribution in [0.5, 0.6) is 0 Å². The number of carbonyl (C=O) groups is 2. The highest BCUT2D eigenvalue weighted by molar-refractivity contribution is 5.89. The number of hydrogen-bond acceptors (Lipinski definition) is 5. The molecule has 1 N–H and O–H groups in total. The Kier molecular flexibility index (Phi) is 7.31. The van der Waals surface area contributed by atoms with Crippen LogP contribution in [0.4, 0.5) is 0 Å². The predicted molar refractivity (Wildman–Crippen MR) is 72.3 cm³/mol. The Hall–Kier alpha value is -1.92. The molecule has 0 saturated heterocycles. The van der Waals surface area contributed by atoms with Gasteiger partial charge in [0.2, 0.25) is 5.91 Å². The van der Waals surface area contributed by atoms with Crippen molar-refractivity contribution in [2.24, 2.45) is 0 Å². The van der Waals surface area contributed by atoms with E-state index in [1.807, 2.05) is 0 Å². The Morgan fingerprint density at radius 3 is 2.40 bits per heavy atom. The number of benzene rings is 1. The molecule has 0 aromatic heterocycles. The summed E-state index contributed by atoms with van der Waals surface area (Å²) in [5, 5.41) is 2.72. The molecule has 0 aliphatic rings. The second-order valence-electron chi connectivity index (χ2n) is 4.01. The average molecular weight is 281 g/mol. The fraction of sp³-hybridized carbons (Fsp3) is 0.429. The number of rotatable bonds is 8. The number of hydrogen-bond donors (Lipinski definition) is 1. The van der Waals surface area contributed by atoms with Gasteiger partial charge in [-0.2, -0.15) is 0 Å². The van der Waals surface area contributed by atoms with Crippen molar-refractivity contribution in [3.05, 3.63) is 35.4 Å². The first-order valence-electron chi connectivity index (χ1n) is 6.18. The van der Waals surface area contributed by atoms with Crippen molar-refractivity contribution < 1.29 is 23.8 Å². The summed E-state index contributed by atoms with van der Waals surface area (Å²) in [5.74, 6) is -0.578. The molecule has 0 radical (unpaired) electrons. The van der Waals surface area contributed by atoms with Crippen LogP contribution in [-0.4, -0.2) is 45.9 Å². The lowest BCUT2D eigenvalue weighted by atomic mass is 10.1. The van der Waals surface area contributed by atoms with Crippen LogP contribution in [0, 0.1) is 0 Å². The molecule has 6 heteroatoms. The average Bonchev–Trinajstić information content (AvgIpc) is 2.49. The van der Waals surface area contributed by atoms with Crippen LogP contribution >= 0.6 is 0 Å². The molecule has 1 rings (SSSR count). The molecular weight excluding hydrogens is 262 g/mol. The Labute approximate surface area is 118 Å². The largest absolute Gasteiger partial charge is 0.465 e. The molecule has 6 nitrogen and oxygen atoms in total. The number of methoxy groups -OCH3 is 2. The third-order valence-electron chi connectivity index (χ3n) is 2.53. The highest BCUT2D eigenvalue weighted by atomic mass is 16.5. The third-order valence-corrected chi connectivity index (χ3v) is 2.53. The zero-order valence-electron chi connectivity index (χ0n) is 11.7. The van der Waals surface area contributed by atoms with E-state index >= 15 is 0 Å². The second kappa shape index (κ2) is 9.06. The summed E-state index contributed by atoms with van der Waals surface area (Å²) in [6.07, 6.45) is 0. The van der Waals surface area contributed by atoms with Crippen LogP contribution in [0.3, 0.4) is 0 Å². The van der Waals surface area contributed by atoms with Crippen molar-refractivity contribution in [2.75, 3.05) is 34.0 Å². The Balaban J connectivity index is 2.31. The van der Waals surface area contributed by atoms with Gasteiger partial charge in [-0.1, -0.05) is 12.1 Å². The smallest absolute Gasteiger partial charge is 0.337 e. The molecule has 20 heavy (non-hydrogen) atoms. The van der Waals surface area contributed by atoms with E-state index in [9.17, 15) is 9.59 Å². The Morgan fingerprint density at radius 1 is 1.10 bits per heavy atom. The summed E-state index contributed by atoms with van der Waals surface area (Å²) >= 11 is 0. The van der Waals surface area contributed by atoms with Gasteiger partial charge in [0.25, 0.3) is 0 Å². The zero-order valence-corrected chi connectivity index (χ0v) is 11.7. The van der Waals surface area contributed by atoms with Gasteiger partial charge in [-0.3, -0.25) is 4.79 Å². The maximum absolute atomic E-state index is 11.4. The zero-order chi connectivity index (χ0) is 14.8. The summed E-state index contributed by atoms with van der Waals surface area (Å²) in [4.78, 5) is 22.7. The first kappa shape index (κ1) is 16.1. The van der Waals surface area contributed by atoms with Crippen LogP contribution < -0.4 is 5.32 Å². The van der Waals surface area contributed by atoms with Crippen LogP contribution in [0.1, 0.15) is 15.9 Å². The minimum atomic E-state index is -0.382. The van der Waals surface area contributed by atoms with Gasteiger partial charge >= 0.3 is 5.97 Å². The number of amides is 1. The molecule has 0 spiro atoms. The molecule has 0 atom stereocenters. The lowest BCUT2D eigenvalue weighted by Crippen LogP contribution is -2.27. The molecule has 0 fully saturated rings. The van der Waals surface area contributed by atoms with E-state index in [1.54, 1.807) is 31.4 Å². The van der Waals surface area contributed by atoms with E-state index in [4.69, 9.17) is 9.47 Å². The van der Waals surface area contributed by atoms with Gasteiger partial charge in [-0.25, -0.2) is 4.79 Å². The van der Waals surface area contributed by atoms with Crippen molar-refractivity contribution in [2.45, 2.75) is 6.54 Å². The van der Waals surface area contributed by atoms with Crippen LogP contribution in [-0.2, 0) is 25.5 Å². The molecule has 0 heterocycles.